The quantitative estimate of drug-likeness (QED) is 0.520. The second-order valence-corrected chi connectivity index (χ2v) is 2.17. The molecule has 0 radical (unpaired) electrons. The summed E-state index contributed by atoms with van der Waals surface area (Å²) in [6, 6.07) is 0. The minimum Gasteiger partial charge on any atom is -1.00 e. The van der Waals surface area contributed by atoms with Gasteiger partial charge in [0.15, 0.2) is 0 Å². The topological polar surface area (TPSA) is 20.2 Å². The van der Waals surface area contributed by atoms with Crippen LogP contribution in [0.25, 0.3) is 0 Å². The van der Waals surface area contributed by atoms with Crippen LogP contribution in [0.5, 0.6) is 0 Å². The summed E-state index contributed by atoms with van der Waals surface area (Å²) in [5.41, 5.74) is -0.500. The SMILES string of the molecule is CC(C)(C)O.[H-].[H-].[Sr+2]. The van der Waals surface area contributed by atoms with E-state index in [9.17, 15) is 0 Å². The van der Waals surface area contributed by atoms with Gasteiger partial charge in [-0.15, -0.1) is 0 Å². The van der Waals surface area contributed by atoms with Crippen molar-refractivity contribution in [3.63, 3.8) is 0 Å². The predicted molar refractivity (Wildman–Crippen MR) is 29.9 cm³/mol. The van der Waals surface area contributed by atoms with E-state index >= 15 is 0 Å². The molecule has 1 N–H and O–H groups in total. The first-order valence-corrected chi connectivity index (χ1v) is 1.72. The average Bonchev–Trinajstić information content (AvgIpc) is 0.722. The largest absolute Gasteiger partial charge is 2.00 e. The van der Waals surface area contributed by atoms with Gasteiger partial charge in [-0.2, -0.15) is 0 Å². The first kappa shape index (κ1) is 10.4. The summed E-state index contributed by atoms with van der Waals surface area (Å²) in [5.74, 6) is 0. The Balaban J connectivity index is -0.0000000267. The Morgan fingerprint density at radius 2 is 1.33 bits per heavy atom. The van der Waals surface area contributed by atoms with Crippen LogP contribution >= 0.6 is 0 Å². The third-order valence-corrected chi connectivity index (χ3v) is 0. The Bertz CT molecular complexity index is 29.5. The van der Waals surface area contributed by atoms with Gasteiger partial charge in [-0.25, -0.2) is 0 Å². The van der Waals surface area contributed by atoms with Crippen molar-refractivity contribution in [2.45, 2.75) is 26.4 Å². The third-order valence-electron chi connectivity index (χ3n) is 0. The van der Waals surface area contributed by atoms with E-state index < -0.39 is 5.60 Å². The van der Waals surface area contributed by atoms with E-state index in [1.807, 2.05) is 0 Å². The minimum atomic E-state index is -0.500. The molecule has 0 aromatic heterocycles. The van der Waals surface area contributed by atoms with Crippen molar-refractivity contribution in [1.82, 2.24) is 0 Å². The van der Waals surface area contributed by atoms with Crippen molar-refractivity contribution in [2.24, 2.45) is 0 Å². The number of hydrogen-bond acceptors (Lipinski definition) is 1. The third kappa shape index (κ3) is 51.7. The molecule has 0 aromatic rings. The van der Waals surface area contributed by atoms with Gasteiger partial charge in [-0.05, 0) is 20.8 Å². The van der Waals surface area contributed by atoms with Gasteiger partial charge in [0, 0.05) is 0 Å². The minimum absolute atomic E-state index is 0. The van der Waals surface area contributed by atoms with Crippen LogP contribution in [0.4, 0.5) is 0 Å². The Kier molecular flexibility index (Phi) is 5.98. The van der Waals surface area contributed by atoms with Gasteiger partial charge >= 0.3 is 45.5 Å². The maximum atomic E-state index is 8.52. The summed E-state index contributed by atoms with van der Waals surface area (Å²) < 4.78 is 0. The predicted octanol–water partition coefficient (Wildman–Crippen LogP) is 0.621. The fourth-order valence-corrected chi connectivity index (χ4v) is 0. The van der Waals surface area contributed by atoms with Crippen LogP contribution in [-0.4, -0.2) is 56.2 Å². The van der Waals surface area contributed by atoms with Gasteiger partial charge in [0.1, 0.15) is 0 Å². The van der Waals surface area contributed by atoms with Crippen LogP contribution in [0, 0.1) is 0 Å². The summed E-state index contributed by atoms with van der Waals surface area (Å²) in [6.45, 7) is 5.23. The maximum absolute atomic E-state index is 8.52. The molecule has 0 aromatic carbocycles. The van der Waals surface area contributed by atoms with Crippen LogP contribution in [0.1, 0.15) is 23.6 Å². The van der Waals surface area contributed by atoms with Crippen molar-refractivity contribution in [3.05, 3.63) is 0 Å². The molecule has 0 unspecified atom stereocenters. The summed E-state index contributed by atoms with van der Waals surface area (Å²) >= 11 is 0. The average molecular weight is 164 g/mol. The Labute approximate surface area is 79.0 Å². The molecule has 2 heteroatoms. The van der Waals surface area contributed by atoms with Gasteiger partial charge in [-0.3, -0.25) is 0 Å². The van der Waals surface area contributed by atoms with Crippen LogP contribution in [0.2, 0.25) is 0 Å². The van der Waals surface area contributed by atoms with E-state index in [1.54, 1.807) is 20.8 Å². The molecule has 0 amide bonds. The van der Waals surface area contributed by atoms with E-state index in [4.69, 9.17) is 5.11 Å². The number of rotatable bonds is 0. The van der Waals surface area contributed by atoms with Crippen LogP contribution in [0.15, 0.2) is 0 Å². The van der Waals surface area contributed by atoms with Crippen LogP contribution in [0.3, 0.4) is 0 Å². The molecule has 0 saturated carbocycles. The van der Waals surface area contributed by atoms with Gasteiger partial charge in [-0.1, -0.05) is 0 Å². The van der Waals surface area contributed by atoms with Gasteiger partial charge < -0.3 is 7.96 Å². The molecule has 0 bridgehead atoms. The molecule has 0 atom stereocenters. The molecule has 6 heavy (non-hydrogen) atoms. The van der Waals surface area contributed by atoms with Crippen molar-refractivity contribution >= 4 is 45.5 Å². The Morgan fingerprint density at radius 1 is 1.33 bits per heavy atom. The Hall–Kier alpha value is 1.44. The standard InChI is InChI=1S/C4H10O.Sr.2H/c1-4(2,3)5;;;/h5H,1-3H3;;;/q;+2;2*-1. The second kappa shape index (κ2) is 3.44. The van der Waals surface area contributed by atoms with Crippen molar-refractivity contribution in [3.8, 4) is 0 Å². The van der Waals surface area contributed by atoms with E-state index in [2.05, 4.69) is 0 Å². The van der Waals surface area contributed by atoms with Gasteiger partial charge in [0.25, 0.3) is 0 Å². The molecular weight excluding hydrogens is 152 g/mol. The zero-order valence-electron chi connectivity index (χ0n) is 6.65. The molecule has 36 valence electrons. The smallest absolute Gasteiger partial charge is 1.00 e. The molecule has 0 spiro atoms. The number of aliphatic hydroxyl groups is 1. The van der Waals surface area contributed by atoms with Crippen LogP contribution < -0.4 is 0 Å². The summed E-state index contributed by atoms with van der Waals surface area (Å²) in [5, 5.41) is 8.52. The summed E-state index contributed by atoms with van der Waals surface area (Å²) in [6.07, 6.45) is 0. The zero-order valence-corrected chi connectivity index (χ0v) is 8.13. The monoisotopic (exact) mass is 164 g/mol. The normalized spacial score (nSPS) is 10.0. The fourth-order valence-electron chi connectivity index (χ4n) is 0. The molecule has 0 heterocycles. The number of hydrogen-bond donors (Lipinski definition) is 1. The molecule has 0 aliphatic heterocycles. The molecule has 0 aliphatic carbocycles. The van der Waals surface area contributed by atoms with Gasteiger partial charge in [0.05, 0.1) is 5.60 Å². The van der Waals surface area contributed by atoms with E-state index in [0.717, 1.165) is 0 Å². The maximum Gasteiger partial charge on any atom is 2.00 e. The van der Waals surface area contributed by atoms with Crippen molar-refractivity contribution in [1.29, 1.82) is 0 Å². The first-order chi connectivity index (χ1) is 2.00. The second-order valence-electron chi connectivity index (χ2n) is 2.17. The molecule has 0 saturated heterocycles. The molecule has 0 aliphatic rings. The zero-order chi connectivity index (χ0) is 4.50. The van der Waals surface area contributed by atoms with Crippen LogP contribution in [-0.2, 0) is 0 Å². The van der Waals surface area contributed by atoms with Crippen molar-refractivity contribution < 1.29 is 7.96 Å². The van der Waals surface area contributed by atoms with Crippen molar-refractivity contribution in [2.75, 3.05) is 0 Å². The van der Waals surface area contributed by atoms with Gasteiger partial charge in [0.2, 0.25) is 0 Å². The molecule has 1 nitrogen and oxygen atoms in total. The Morgan fingerprint density at radius 3 is 1.33 bits per heavy atom. The first-order valence-electron chi connectivity index (χ1n) is 1.72. The fraction of sp³-hybridized carbons (Fsp3) is 1.00. The molecule has 0 rings (SSSR count). The molecular formula is C4H12OSr. The van der Waals surface area contributed by atoms with E-state index in [0.29, 0.717) is 0 Å². The van der Waals surface area contributed by atoms with E-state index in [1.165, 1.54) is 0 Å². The summed E-state index contributed by atoms with van der Waals surface area (Å²) in [4.78, 5) is 0. The summed E-state index contributed by atoms with van der Waals surface area (Å²) in [7, 11) is 0. The van der Waals surface area contributed by atoms with E-state index in [-0.39, 0.29) is 48.3 Å². The molecule has 0 fully saturated rings.